The number of amides is 1. The van der Waals surface area contributed by atoms with Crippen LogP contribution in [0.15, 0.2) is 18.2 Å². The molecular weight excluding hydrogens is 247 g/mol. The second-order valence-electron chi connectivity index (χ2n) is 4.86. The average Bonchev–Trinajstić information content (AvgIpc) is 2.36. The minimum absolute atomic E-state index is 0.0561. The highest BCUT2D eigenvalue weighted by Gasteiger charge is 2.12. The molecule has 0 fully saturated rings. The minimum atomic E-state index is -0.507. The van der Waals surface area contributed by atoms with Crippen molar-refractivity contribution in [2.45, 2.75) is 33.4 Å². The fourth-order valence-electron chi connectivity index (χ4n) is 1.39. The molecule has 4 nitrogen and oxygen atoms in total. The van der Waals surface area contributed by atoms with E-state index in [2.05, 4.69) is 5.32 Å². The fraction of sp³-hybridized carbons (Fsp3) is 0.500. The van der Waals surface area contributed by atoms with E-state index in [1.54, 1.807) is 6.07 Å². The Labute approximate surface area is 113 Å². The van der Waals surface area contributed by atoms with Gasteiger partial charge in [-0.1, -0.05) is 19.9 Å². The Morgan fingerprint density at radius 3 is 2.63 bits per heavy atom. The van der Waals surface area contributed by atoms with Crippen molar-refractivity contribution in [1.82, 2.24) is 5.32 Å². The SMILES string of the molecule is CC(C)C(C)NC(=O)COc1ccc(CN)cc1F. The molecule has 1 atom stereocenters. The van der Waals surface area contributed by atoms with E-state index in [-0.39, 0.29) is 30.9 Å². The molecule has 0 radical (unpaired) electrons. The van der Waals surface area contributed by atoms with Crippen molar-refractivity contribution in [2.75, 3.05) is 6.61 Å². The van der Waals surface area contributed by atoms with Gasteiger partial charge in [-0.15, -0.1) is 0 Å². The normalized spacial score (nSPS) is 12.3. The lowest BCUT2D eigenvalue weighted by molar-refractivity contribution is -0.124. The summed E-state index contributed by atoms with van der Waals surface area (Å²) in [5, 5.41) is 2.79. The third-order valence-corrected chi connectivity index (χ3v) is 2.98. The number of ether oxygens (including phenoxy) is 1. The second kappa shape index (κ2) is 7.09. The summed E-state index contributed by atoms with van der Waals surface area (Å²) in [6, 6.07) is 4.52. The van der Waals surface area contributed by atoms with Gasteiger partial charge in [0.25, 0.3) is 5.91 Å². The van der Waals surface area contributed by atoms with Crippen molar-refractivity contribution in [1.29, 1.82) is 0 Å². The molecule has 19 heavy (non-hydrogen) atoms. The maximum absolute atomic E-state index is 13.6. The molecular formula is C14H21FN2O2. The summed E-state index contributed by atoms with van der Waals surface area (Å²) in [6.45, 7) is 6.01. The summed E-state index contributed by atoms with van der Waals surface area (Å²) in [6.07, 6.45) is 0. The second-order valence-corrected chi connectivity index (χ2v) is 4.86. The fourth-order valence-corrected chi connectivity index (χ4v) is 1.39. The maximum Gasteiger partial charge on any atom is 0.258 e. The van der Waals surface area contributed by atoms with Crippen LogP contribution in [-0.4, -0.2) is 18.6 Å². The summed E-state index contributed by atoms with van der Waals surface area (Å²) < 4.78 is 18.7. The molecule has 0 aliphatic rings. The van der Waals surface area contributed by atoms with Crippen LogP contribution in [0.3, 0.4) is 0 Å². The van der Waals surface area contributed by atoms with Crippen LogP contribution in [0.4, 0.5) is 4.39 Å². The highest BCUT2D eigenvalue weighted by Crippen LogP contribution is 2.18. The first-order chi connectivity index (χ1) is 8.93. The van der Waals surface area contributed by atoms with Gasteiger partial charge < -0.3 is 15.8 Å². The van der Waals surface area contributed by atoms with Crippen LogP contribution in [0.25, 0.3) is 0 Å². The lowest BCUT2D eigenvalue weighted by atomic mass is 10.1. The number of rotatable bonds is 6. The molecule has 0 heterocycles. The molecule has 3 N–H and O–H groups in total. The Kier molecular flexibility index (Phi) is 5.76. The van der Waals surface area contributed by atoms with E-state index in [4.69, 9.17) is 10.5 Å². The van der Waals surface area contributed by atoms with E-state index < -0.39 is 5.82 Å². The van der Waals surface area contributed by atoms with Gasteiger partial charge in [0, 0.05) is 12.6 Å². The van der Waals surface area contributed by atoms with Gasteiger partial charge in [0.2, 0.25) is 0 Å². The molecule has 1 amide bonds. The molecule has 1 rings (SSSR count). The van der Waals surface area contributed by atoms with E-state index in [1.807, 2.05) is 20.8 Å². The lowest BCUT2D eigenvalue weighted by Gasteiger charge is -2.17. The molecule has 0 saturated carbocycles. The van der Waals surface area contributed by atoms with Crippen LogP contribution in [-0.2, 0) is 11.3 Å². The van der Waals surface area contributed by atoms with Gasteiger partial charge in [-0.2, -0.15) is 0 Å². The average molecular weight is 268 g/mol. The van der Waals surface area contributed by atoms with Crippen molar-refractivity contribution in [3.63, 3.8) is 0 Å². The smallest absolute Gasteiger partial charge is 0.258 e. The third-order valence-electron chi connectivity index (χ3n) is 2.98. The Bertz CT molecular complexity index is 435. The van der Waals surface area contributed by atoms with Gasteiger partial charge in [-0.05, 0) is 30.5 Å². The monoisotopic (exact) mass is 268 g/mol. The Hall–Kier alpha value is -1.62. The topological polar surface area (TPSA) is 64.3 Å². The van der Waals surface area contributed by atoms with Gasteiger partial charge in [0.05, 0.1) is 0 Å². The van der Waals surface area contributed by atoms with Gasteiger partial charge in [-0.25, -0.2) is 4.39 Å². The van der Waals surface area contributed by atoms with E-state index >= 15 is 0 Å². The van der Waals surface area contributed by atoms with Gasteiger partial charge in [0.1, 0.15) is 0 Å². The van der Waals surface area contributed by atoms with E-state index in [9.17, 15) is 9.18 Å². The molecule has 1 aromatic rings. The number of nitrogens with two attached hydrogens (primary N) is 1. The summed E-state index contributed by atoms with van der Waals surface area (Å²) in [4.78, 5) is 11.6. The van der Waals surface area contributed by atoms with Crippen molar-refractivity contribution >= 4 is 5.91 Å². The van der Waals surface area contributed by atoms with Crippen LogP contribution in [0, 0.1) is 11.7 Å². The minimum Gasteiger partial charge on any atom is -0.481 e. The van der Waals surface area contributed by atoms with Gasteiger partial charge >= 0.3 is 0 Å². The molecule has 1 aromatic carbocycles. The van der Waals surface area contributed by atoms with E-state index in [0.29, 0.717) is 11.5 Å². The summed E-state index contributed by atoms with van der Waals surface area (Å²) in [5.41, 5.74) is 6.09. The number of hydrogen-bond donors (Lipinski definition) is 2. The Balaban J connectivity index is 2.50. The van der Waals surface area contributed by atoms with E-state index in [0.717, 1.165) is 0 Å². The van der Waals surface area contributed by atoms with Crippen molar-refractivity contribution < 1.29 is 13.9 Å². The predicted octanol–water partition coefficient (Wildman–Crippen LogP) is 1.82. The standard InChI is InChI=1S/C14H21FN2O2/c1-9(2)10(3)17-14(18)8-19-13-5-4-11(7-16)6-12(13)15/h4-6,9-10H,7-8,16H2,1-3H3,(H,17,18). The number of carbonyl (C=O) groups excluding carboxylic acids is 1. The highest BCUT2D eigenvalue weighted by molar-refractivity contribution is 5.77. The molecule has 0 spiro atoms. The molecule has 0 aliphatic carbocycles. The summed E-state index contributed by atoms with van der Waals surface area (Å²) >= 11 is 0. The number of carbonyl (C=O) groups is 1. The van der Waals surface area contributed by atoms with Crippen molar-refractivity contribution in [3.05, 3.63) is 29.6 Å². The highest BCUT2D eigenvalue weighted by atomic mass is 19.1. The largest absolute Gasteiger partial charge is 0.481 e. The summed E-state index contributed by atoms with van der Waals surface area (Å²) in [7, 11) is 0. The number of nitrogens with one attached hydrogen (secondary N) is 1. The molecule has 0 aliphatic heterocycles. The molecule has 1 unspecified atom stereocenters. The number of hydrogen-bond acceptors (Lipinski definition) is 3. The third kappa shape index (κ3) is 4.87. The summed E-state index contributed by atoms with van der Waals surface area (Å²) in [5.74, 6) is -0.370. The first kappa shape index (κ1) is 15.4. The predicted molar refractivity (Wildman–Crippen MR) is 72.2 cm³/mol. The molecule has 0 bridgehead atoms. The van der Waals surface area contributed by atoms with Crippen molar-refractivity contribution in [2.24, 2.45) is 11.7 Å². The molecule has 0 saturated heterocycles. The lowest BCUT2D eigenvalue weighted by Crippen LogP contribution is -2.39. The zero-order valence-electron chi connectivity index (χ0n) is 11.6. The first-order valence-corrected chi connectivity index (χ1v) is 6.34. The Morgan fingerprint density at radius 1 is 1.42 bits per heavy atom. The van der Waals surface area contributed by atoms with Crippen LogP contribution in [0.5, 0.6) is 5.75 Å². The van der Waals surface area contributed by atoms with Crippen LogP contribution in [0.1, 0.15) is 26.3 Å². The van der Waals surface area contributed by atoms with Crippen LogP contribution in [0.2, 0.25) is 0 Å². The van der Waals surface area contributed by atoms with Crippen LogP contribution >= 0.6 is 0 Å². The zero-order chi connectivity index (χ0) is 14.4. The quantitative estimate of drug-likeness (QED) is 0.827. The van der Waals surface area contributed by atoms with Gasteiger partial charge in [0.15, 0.2) is 18.2 Å². The first-order valence-electron chi connectivity index (χ1n) is 6.34. The number of halogens is 1. The maximum atomic E-state index is 13.6. The van der Waals surface area contributed by atoms with E-state index in [1.165, 1.54) is 12.1 Å². The van der Waals surface area contributed by atoms with Gasteiger partial charge in [-0.3, -0.25) is 4.79 Å². The number of benzene rings is 1. The zero-order valence-corrected chi connectivity index (χ0v) is 11.6. The molecule has 0 aromatic heterocycles. The Morgan fingerprint density at radius 2 is 2.11 bits per heavy atom. The van der Waals surface area contributed by atoms with Crippen molar-refractivity contribution in [3.8, 4) is 5.75 Å². The molecule has 106 valence electrons. The molecule has 5 heteroatoms. The van der Waals surface area contributed by atoms with Crippen LogP contribution < -0.4 is 15.8 Å².